The fourth-order valence-electron chi connectivity index (χ4n) is 2.11. The van der Waals surface area contributed by atoms with Crippen molar-refractivity contribution in [2.75, 3.05) is 24.5 Å². The van der Waals surface area contributed by atoms with Gasteiger partial charge in [0.1, 0.15) is 0 Å². The number of anilines is 1. The fourth-order valence-corrected chi connectivity index (χ4v) is 2.11. The minimum absolute atomic E-state index is 0.159. The van der Waals surface area contributed by atoms with Crippen LogP contribution in [0.4, 0.5) is 5.69 Å². The summed E-state index contributed by atoms with van der Waals surface area (Å²) in [4.78, 5) is 2.36. The Morgan fingerprint density at radius 1 is 1.31 bits per heavy atom. The average Bonchev–Trinajstić information content (AvgIpc) is 2.28. The Balaban J connectivity index is 2.15. The van der Waals surface area contributed by atoms with Gasteiger partial charge in [-0.2, -0.15) is 5.26 Å². The van der Waals surface area contributed by atoms with Crippen LogP contribution in [-0.4, -0.2) is 25.2 Å². The van der Waals surface area contributed by atoms with E-state index in [0.29, 0.717) is 0 Å². The Bertz CT molecular complexity index is 400. The minimum Gasteiger partial charge on any atom is -0.368 e. The Morgan fingerprint density at radius 3 is 2.56 bits per heavy atom. The second kappa shape index (κ2) is 4.15. The molecule has 0 bridgehead atoms. The zero-order valence-electron chi connectivity index (χ0n) is 9.83. The first-order chi connectivity index (χ1) is 7.61. The zero-order valence-corrected chi connectivity index (χ0v) is 9.83. The Morgan fingerprint density at radius 2 is 2.00 bits per heavy atom. The van der Waals surface area contributed by atoms with Crippen LogP contribution < -0.4 is 10.2 Å². The van der Waals surface area contributed by atoms with Crippen molar-refractivity contribution in [3.8, 4) is 6.07 Å². The van der Waals surface area contributed by atoms with E-state index >= 15 is 0 Å². The van der Waals surface area contributed by atoms with Gasteiger partial charge < -0.3 is 10.2 Å². The second-order valence-corrected chi connectivity index (χ2v) is 4.89. The fraction of sp³-hybridized carbons (Fsp3) is 0.462. The first kappa shape index (κ1) is 11.0. The van der Waals surface area contributed by atoms with Gasteiger partial charge in [0, 0.05) is 30.9 Å². The van der Waals surface area contributed by atoms with E-state index in [9.17, 15) is 0 Å². The van der Waals surface area contributed by atoms with Gasteiger partial charge in [0.05, 0.1) is 11.6 Å². The standard InChI is InChI=1S/C13H17N3/c1-13(2)10-16(8-7-15-13)12-5-3-11(9-14)4-6-12/h3-6,15H,7-8,10H2,1-2H3. The van der Waals surface area contributed by atoms with Crippen molar-refractivity contribution in [3.63, 3.8) is 0 Å². The van der Waals surface area contributed by atoms with Crippen molar-refractivity contribution in [3.05, 3.63) is 29.8 Å². The highest BCUT2D eigenvalue weighted by Gasteiger charge is 2.25. The summed E-state index contributed by atoms with van der Waals surface area (Å²) in [7, 11) is 0. The molecular weight excluding hydrogens is 198 g/mol. The molecule has 0 atom stereocenters. The molecule has 1 aromatic rings. The lowest BCUT2D eigenvalue weighted by Gasteiger charge is -2.40. The Kier molecular flexibility index (Phi) is 2.84. The predicted octanol–water partition coefficient (Wildman–Crippen LogP) is 1.75. The second-order valence-electron chi connectivity index (χ2n) is 4.89. The molecule has 1 saturated heterocycles. The highest BCUT2D eigenvalue weighted by Crippen LogP contribution is 2.20. The van der Waals surface area contributed by atoms with Crippen molar-refractivity contribution in [1.82, 2.24) is 5.32 Å². The molecular formula is C13H17N3. The normalized spacial score (nSPS) is 19.2. The number of nitriles is 1. The third-order valence-electron chi connectivity index (χ3n) is 2.93. The number of rotatable bonds is 1. The summed E-state index contributed by atoms with van der Waals surface area (Å²) in [5.41, 5.74) is 2.08. The van der Waals surface area contributed by atoms with E-state index in [2.05, 4.69) is 30.1 Å². The first-order valence-corrected chi connectivity index (χ1v) is 5.61. The lowest BCUT2D eigenvalue weighted by molar-refractivity contribution is 0.353. The summed E-state index contributed by atoms with van der Waals surface area (Å²) in [5, 5.41) is 12.2. The molecule has 1 fully saturated rings. The summed E-state index contributed by atoms with van der Waals surface area (Å²) in [6.45, 7) is 7.45. The van der Waals surface area contributed by atoms with E-state index in [1.54, 1.807) is 0 Å². The van der Waals surface area contributed by atoms with Gasteiger partial charge in [-0.1, -0.05) is 0 Å². The molecule has 0 radical (unpaired) electrons. The number of nitrogens with one attached hydrogen (secondary N) is 1. The summed E-state index contributed by atoms with van der Waals surface area (Å²) < 4.78 is 0. The van der Waals surface area contributed by atoms with Crippen molar-refractivity contribution in [2.45, 2.75) is 19.4 Å². The van der Waals surface area contributed by atoms with Gasteiger partial charge in [0.25, 0.3) is 0 Å². The van der Waals surface area contributed by atoms with Crippen LogP contribution in [-0.2, 0) is 0 Å². The van der Waals surface area contributed by atoms with Gasteiger partial charge >= 0.3 is 0 Å². The summed E-state index contributed by atoms with van der Waals surface area (Å²) in [6, 6.07) is 9.96. The molecule has 0 amide bonds. The molecule has 0 saturated carbocycles. The Hall–Kier alpha value is -1.53. The maximum Gasteiger partial charge on any atom is 0.0991 e. The molecule has 1 aliphatic heterocycles. The number of piperazine rings is 1. The SMILES string of the molecule is CC1(C)CN(c2ccc(C#N)cc2)CCN1. The minimum atomic E-state index is 0.159. The van der Waals surface area contributed by atoms with Crippen LogP contribution in [0.1, 0.15) is 19.4 Å². The van der Waals surface area contributed by atoms with Crippen LogP contribution in [0.15, 0.2) is 24.3 Å². The van der Waals surface area contributed by atoms with Crippen molar-refractivity contribution in [1.29, 1.82) is 5.26 Å². The average molecular weight is 215 g/mol. The van der Waals surface area contributed by atoms with E-state index in [0.717, 1.165) is 25.2 Å². The highest BCUT2D eigenvalue weighted by molar-refractivity contribution is 5.50. The van der Waals surface area contributed by atoms with Crippen LogP contribution in [0.5, 0.6) is 0 Å². The molecule has 0 unspecified atom stereocenters. The lowest BCUT2D eigenvalue weighted by atomic mass is 10.0. The van der Waals surface area contributed by atoms with Crippen LogP contribution in [0.3, 0.4) is 0 Å². The highest BCUT2D eigenvalue weighted by atomic mass is 15.2. The molecule has 1 heterocycles. The number of hydrogen-bond donors (Lipinski definition) is 1. The van der Waals surface area contributed by atoms with Gasteiger partial charge in [-0.05, 0) is 38.1 Å². The van der Waals surface area contributed by atoms with E-state index in [4.69, 9.17) is 5.26 Å². The molecule has 3 nitrogen and oxygen atoms in total. The number of nitrogens with zero attached hydrogens (tertiary/aromatic N) is 2. The van der Waals surface area contributed by atoms with Crippen molar-refractivity contribution < 1.29 is 0 Å². The molecule has 84 valence electrons. The molecule has 3 heteroatoms. The third kappa shape index (κ3) is 2.34. The van der Waals surface area contributed by atoms with Crippen molar-refractivity contribution >= 4 is 5.69 Å². The first-order valence-electron chi connectivity index (χ1n) is 5.61. The van der Waals surface area contributed by atoms with E-state index in [-0.39, 0.29) is 5.54 Å². The van der Waals surface area contributed by atoms with Crippen LogP contribution in [0.25, 0.3) is 0 Å². The summed E-state index contributed by atoms with van der Waals surface area (Å²) >= 11 is 0. The molecule has 2 rings (SSSR count). The maximum atomic E-state index is 8.75. The molecule has 0 aliphatic carbocycles. The largest absolute Gasteiger partial charge is 0.368 e. The van der Waals surface area contributed by atoms with Crippen molar-refractivity contribution in [2.24, 2.45) is 0 Å². The van der Waals surface area contributed by atoms with Gasteiger partial charge in [0.15, 0.2) is 0 Å². The van der Waals surface area contributed by atoms with Gasteiger partial charge in [-0.25, -0.2) is 0 Å². The van der Waals surface area contributed by atoms with Crippen LogP contribution in [0.2, 0.25) is 0 Å². The third-order valence-corrected chi connectivity index (χ3v) is 2.93. The van der Waals surface area contributed by atoms with Crippen LogP contribution >= 0.6 is 0 Å². The molecule has 1 N–H and O–H groups in total. The maximum absolute atomic E-state index is 8.75. The molecule has 16 heavy (non-hydrogen) atoms. The molecule has 0 aromatic heterocycles. The number of benzene rings is 1. The van der Waals surface area contributed by atoms with Gasteiger partial charge in [-0.15, -0.1) is 0 Å². The topological polar surface area (TPSA) is 39.1 Å². The molecule has 1 aliphatic rings. The monoisotopic (exact) mass is 215 g/mol. The van der Waals surface area contributed by atoms with E-state index in [1.165, 1.54) is 5.69 Å². The lowest BCUT2D eigenvalue weighted by Crippen LogP contribution is -2.57. The molecule has 1 aromatic carbocycles. The van der Waals surface area contributed by atoms with Crippen LogP contribution in [0, 0.1) is 11.3 Å². The quantitative estimate of drug-likeness (QED) is 0.775. The number of hydrogen-bond acceptors (Lipinski definition) is 3. The van der Waals surface area contributed by atoms with E-state index < -0.39 is 0 Å². The predicted molar refractivity (Wildman–Crippen MR) is 65.5 cm³/mol. The van der Waals surface area contributed by atoms with Gasteiger partial charge in [-0.3, -0.25) is 0 Å². The summed E-state index contributed by atoms with van der Waals surface area (Å²) in [5.74, 6) is 0. The Labute approximate surface area is 96.7 Å². The zero-order chi connectivity index (χ0) is 11.6. The smallest absolute Gasteiger partial charge is 0.0991 e. The van der Waals surface area contributed by atoms with E-state index in [1.807, 2.05) is 24.3 Å². The molecule has 0 spiro atoms. The van der Waals surface area contributed by atoms with Gasteiger partial charge in [0.2, 0.25) is 0 Å². The summed E-state index contributed by atoms with van der Waals surface area (Å²) in [6.07, 6.45) is 0.